The number of anilines is 1. The molecule has 7 heteroatoms. The van der Waals surface area contributed by atoms with E-state index in [1.807, 2.05) is 61.5 Å². The van der Waals surface area contributed by atoms with Crippen molar-refractivity contribution in [2.75, 3.05) is 25.1 Å². The zero-order valence-corrected chi connectivity index (χ0v) is 13.4. The number of benzene rings is 2. The average Bonchev–Trinajstić information content (AvgIpc) is 3.10. The molecule has 7 nitrogen and oxygen atoms in total. The molecule has 2 aromatic carbocycles. The summed E-state index contributed by atoms with van der Waals surface area (Å²) in [6.45, 7) is 3.69. The minimum absolute atomic E-state index is 0.496. The topological polar surface area (TPSA) is 74.1 Å². The lowest BCUT2D eigenvalue weighted by Gasteiger charge is -2.09. The molecular formula is C17H19N5O2. The fraction of sp³-hybridized carbons (Fsp3) is 0.235. The van der Waals surface area contributed by atoms with Gasteiger partial charge in [0, 0.05) is 0 Å². The second kappa shape index (κ2) is 7.96. The highest BCUT2D eigenvalue weighted by Crippen LogP contribution is 2.17. The van der Waals surface area contributed by atoms with Gasteiger partial charge in [0.1, 0.15) is 18.1 Å². The van der Waals surface area contributed by atoms with Crippen molar-refractivity contribution >= 4 is 5.95 Å². The molecule has 3 rings (SSSR count). The van der Waals surface area contributed by atoms with Gasteiger partial charge in [0.25, 0.3) is 0 Å². The summed E-state index contributed by atoms with van der Waals surface area (Å²) in [7, 11) is 0. The maximum Gasteiger partial charge on any atom is 0.247 e. The molecule has 0 aliphatic rings. The maximum atomic E-state index is 5.69. The molecule has 0 amide bonds. The van der Waals surface area contributed by atoms with Crippen molar-refractivity contribution in [1.29, 1.82) is 0 Å². The second-order valence-corrected chi connectivity index (χ2v) is 4.93. The minimum Gasteiger partial charge on any atom is -0.494 e. The standard InChI is InChI=1S/C17H19N5O2/c1-2-23-15-8-10-16(11-9-15)24-13-12-18-17-19-20-21-22(17)14-6-4-3-5-7-14/h3-11H,2,12-13H2,1H3,(H,18,19,21). The van der Waals surface area contributed by atoms with Crippen LogP contribution in [0.3, 0.4) is 0 Å². The number of para-hydroxylation sites is 1. The molecule has 0 unspecified atom stereocenters. The molecule has 1 N–H and O–H groups in total. The number of hydrogen-bond donors (Lipinski definition) is 1. The Morgan fingerprint density at radius 3 is 2.38 bits per heavy atom. The van der Waals surface area contributed by atoms with E-state index in [1.165, 1.54) is 0 Å². The van der Waals surface area contributed by atoms with Gasteiger partial charge >= 0.3 is 0 Å². The summed E-state index contributed by atoms with van der Waals surface area (Å²) in [5.41, 5.74) is 0.900. The van der Waals surface area contributed by atoms with Crippen LogP contribution in [0.4, 0.5) is 5.95 Å². The smallest absolute Gasteiger partial charge is 0.247 e. The third-order valence-corrected chi connectivity index (χ3v) is 3.26. The molecule has 0 radical (unpaired) electrons. The van der Waals surface area contributed by atoms with Gasteiger partial charge in [-0.3, -0.25) is 0 Å². The number of rotatable bonds is 8. The Hall–Kier alpha value is -3.09. The monoisotopic (exact) mass is 325 g/mol. The summed E-state index contributed by atoms with van der Waals surface area (Å²) in [4.78, 5) is 0. The fourth-order valence-electron chi connectivity index (χ4n) is 2.17. The lowest BCUT2D eigenvalue weighted by Crippen LogP contribution is -2.14. The summed E-state index contributed by atoms with van der Waals surface area (Å²) >= 11 is 0. The van der Waals surface area contributed by atoms with Gasteiger partial charge in [-0.05, 0) is 53.7 Å². The van der Waals surface area contributed by atoms with Crippen LogP contribution in [-0.4, -0.2) is 40.0 Å². The zero-order valence-electron chi connectivity index (χ0n) is 13.4. The number of tetrazole rings is 1. The van der Waals surface area contributed by atoms with E-state index in [-0.39, 0.29) is 0 Å². The van der Waals surface area contributed by atoms with E-state index in [2.05, 4.69) is 20.8 Å². The molecule has 0 atom stereocenters. The quantitative estimate of drug-likeness (QED) is 0.642. The number of nitrogens with one attached hydrogen (secondary N) is 1. The van der Waals surface area contributed by atoms with Crippen LogP contribution in [0.2, 0.25) is 0 Å². The molecule has 0 fully saturated rings. The Balaban J connectivity index is 1.50. The van der Waals surface area contributed by atoms with Crippen LogP contribution in [0.5, 0.6) is 11.5 Å². The highest BCUT2D eigenvalue weighted by molar-refractivity contribution is 5.38. The van der Waals surface area contributed by atoms with Crippen LogP contribution >= 0.6 is 0 Å². The third kappa shape index (κ3) is 4.01. The van der Waals surface area contributed by atoms with E-state index in [0.717, 1.165) is 17.2 Å². The highest BCUT2D eigenvalue weighted by atomic mass is 16.5. The molecular weight excluding hydrogens is 306 g/mol. The van der Waals surface area contributed by atoms with Crippen molar-refractivity contribution in [3.05, 3.63) is 54.6 Å². The van der Waals surface area contributed by atoms with Crippen LogP contribution in [-0.2, 0) is 0 Å². The van der Waals surface area contributed by atoms with Crippen molar-refractivity contribution in [2.45, 2.75) is 6.92 Å². The Morgan fingerprint density at radius 1 is 0.958 bits per heavy atom. The van der Waals surface area contributed by atoms with Gasteiger partial charge in [-0.15, -0.1) is 0 Å². The summed E-state index contributed by atoms with van der Waals surface area (Å²) < 4.78 is 12.7. The summed E-state index contributed by atoms with van der Waals surface area (Å²) in [5.74, 6) is 2.21. The van der Waals surface area contributed by atoms with E-state index < -0.39 is 0 Å². The zero-order chi connectivity index (χ0) is 16.6. The first-order chi connectivity index (χ1) is 11.9. The molecule has 124 valence electrons. The van der Waals surface area contributed by atoms with Gasteiger partial charge in [0.15, 0.2) is 0 Å². The molecule has 0 spiro atoms. The van der Waals surface area contributed by atoms with Gasteiger partial charge in [-0.25, -0.2) is 0 Å². The van der Waals surface area contributed by atoms with Crippen molar-refractivity contribution in [3.8, 4) is 17.2 Å². The molecule has 3 aromatic rings. The van der Waals surface area contributed by atoms with Gasteiger partial charge in [-0.2, -0.15) is 4.68 Å². The van der Waals surface area contributed by atoms with E-state index in [0.29, 0.717) is 25.7 Å². The maximum absolute atomic E-state index is 5.69. The third-order valence-electron chi connectivity index (χ3n) is 3.26. The van der Waals surface area contributed by atoms with Gasteiger partial charge in [0.05, 0.1) is 18.8 Å². The SMILES string of the molecule is CCOc1ccc(OCCNc2nnnn2-c2ccccc2)cc1. The fourth-order valence-corrected chi connectivity index (χ4v) is 2.17. The normalized spacial score (nSPS) is 10.4. The van der Waals surface area contributed by atoms with E-state index in [1.54, 1.807) is 4.68 Å². The molecule has 0 saturated carbocycles. The number of nitrogens with zero attached hydrogens (tertiary/aromatic N) is 4. The molecule has 0 aliphatic heterocycles. The Kier molecular flexibility index (Phi) is 5.24. The van der Waals surface area contributed by atoms with Crippen LogP contribution in [0.15, 0.2) is 54.6 Å². The predicted molar refractivity (Wildman–Crippen MR) is 90.7 cm³/mol. The van der Waals surface area contributed by atoms with E-state index >= 15 is 0 Å². The lowest BCUT2D eigenvalue weighted by atomic mass is 10.3. The minimum atomic E-state index is 0.496. The predicted octanol–water partition coefficient (Wildman–Crippen LogP) is 2.55. The van der Waals surface area contributed by atoms with E-state index in [9.17, 15) is 0 Å². The Labute approximate surface area is 140 Å². The van der Waals surface area contributed by atoms with Crippen LogP contribution in [0, 0.1) is 0 Å². The van der Waals surface area contributed by atoms with Crippen LogP contribution in [0.25, 0.3) is 5.69 Å². The molecule has 0 bridgehead atoms. The van der Waals surface area contributed by atoms with Crippen molar-refractivity contribution < 1.29 is 9.47 Å². The average molecular weight is 325 g/mol. The summed E-state index contributed by atoms with van der Waals surface area (Å²) in [5, 5.41) is 14.9. The van der Waals surface area contributed by atoms with Gasteiger partial charge < -0.3 is 14.8 Å². The highest BCUT2D eigenvalue weighted by Gasteiger charge is 2.06. The summed E-state index contributed by atoms with van der Waals surface area (Å²) in [6.07, 6.45) is 0. The first-order valence-electron chi connectivity index (χ1n) is 7.80. The Morgan fingerprint density at radius 2 is 1.67 bits per heavy atom. The first kappa shape index (κ1) is 15.8. The van der Waals surface area contributed by atoms with Crippen molar-refractivity contribution in [2.24, 2.45) is 0 Å². The van der Waals surface area contributed by atoms with Crippen molar-refractivity contribution in [1.82, 2.24) is 20.2 Å². The van der Waals surface area contributed by atoms with E-state index in [4.69, 9.17) is 9.47 Å². The molecule has 1 aromatic heterocycles. The van der Waals surface area contributed by atoms with Crippen LogP contribution < -0.4 is 14.8 Å². The second-order valence-electron chi connectivity index (χ2n) is 4.93. The molecule has 24 heavy (non-hydrogen) atoms. The van der Waals surface area contributed by atoms with Gasteiger partial charge in [0.2, 0.25) is 5.95 Å². The molecule has 0 saturated heterocycles. The number of hydrogen-bond acceptors (Lipinski definition) is 6. The van der Waals surface area contributed by atoms with Gasteiger partial charge in [-0.1, -0.05) is 23.3 Å². The van der Waals surface area contributed by atoms with Crippen molar-refractivity contribution in [3.63, 3.8) is 0 Å². The first-order valence-corrected chi connectivity index (χ1v) is 7.80. The molecule has 1 heterocycles. The Bertz CT molecular complexity index is 743. The lowest BCUT2D eigenvalue weighted by molar-refractivity contribution is 0.326. The largest absolute Gasteiger partial charge is 0.494 e. The summed E-state index contributed by atoms with van der Waals surface area (Å²) in [6, 6.07) is 17.3. The number of aromatic nitrogens is 4. The molecule has 0 aliphatic carbocycles. The number of ether oxygens (including phenoxy) is 2. The van der Waals surface area contributed by atoms with Crippen LogP contribution in [0.1, 0.15) is 6.92 Å².